The van der Waals surface area contributed by atoms with Gasteiger partial charge in [-0.3, -0.25) is 0 Å². The molecule has 0 saturated carbocycles. The highest BCUT2D eigenvalue weighted by Gasteiger charge is 2.11. The minimum atomic E-state index is 0.562. The molecule has 1 N–H and O–H groups in total. The van der Waals surface area contributed by atoms with E-state index in [4.69, 9.17) is 4.74 Å². The Morgan fingerprint density at radius 2 is 2.00 bits per heavy atom. The Bertz CT molecular complexity index is 380. The zero-order chi connectivity index (χ0) is 13.5. The number of rotatable bonds is 7. The lowest BCUT2D eigenvalue weighted by molar-refractivity contribution is 0.240. The number of nitrogens with one attached hydrogen (secondary N) is 1. The maximum atomic E-state index is 5.84. The van der Waals surface area contributed by atoms with Crippen LogP contribution in [0.5, 0.6) is 5.88 Å². The molecule has 0 aliphatic heterocycles. The number of hydrogen-bond acceptors (Lipinski definition) is 4. The van der Waals surface area contributed by atoms with Crippen molar-refractivity contribution in [2.75, 3.05) is 19.0 Å². The van der Waals surface area contributed by atoms with E-state index in [-0.39, 0.29) is 0 Å². The summed E-state index contributed by atoms with van der Waals surface area (Å²) in [5.41, 5.74) is 0.985. The maximum Gasteiger partial charge on any atom is 0.221 e. The van der Waals surface area contributed by atoms with Crippen LogP contribution < -0.4 is 10.1 Å². The smallest absolute Gasteiger partial charge is 0.221 e. The molecular formula is C14H25N3O. The van der Waals surface area contributed by atoms with E-state index in [1.807, 2.05) is 20.9 Å². The first-order valence-corrected chi connectivity index (χ1v) is 6.80. The molecular weight excluding hydrogens is 226 g/mol. The van der Waals surface area contributed by atoms with Crippen LogP contribution in [-0.2, 0) is 6.42 Å². The van der Waals surface area contributed by atoms with Gasteiger partial charge in [-0.1, -0.05) is 27.2 Å². The second kappa shape index (κ2) is 7.19. The molecule has 0 bridgehead atoms. The third kappa shape index (κ3) is 3.86. The predicted molar refractivity (Wildman–Crippen MR) is 75.3 cm³/mol. The van der Waals surface area contributed by atoms with Crippen LogP contribution >= 0.6 is 0 Å². The van der Waals surface area contributed by atoms with Crippen molar-refractivity contribution in [1.82, 2.24) is 9.97 Å². The van der Waals surface area contributed by atoms with Crippen molar-refractivity contribution < 1.29 is 4.74 Å². The van der Waals surface area contributed by atoms with Gasteiger partial charge in [-0.2, -0.15) is 4.98 Å². The molecule has 0 amide bonds. The minimum absolute atomic E-state index is 0.562. The van der Waals surface area contributed by atoms with Gasteiger partial charge in [-0.15, -0.1) is 0 Å². The lowest BCUT2D eigenvalue weighted by Crippen LogP contribution is -2.12. The summed E-state index contributed by atoms with van der Waals surface area (Å²) in [6, 6.07) is 0. The van der Waals surface area contributed by atoms with Gasteiger partial charge in [0.1, 0.15) is 11.6 Å². The molecule has 0 aromatic carbocycles. The van der Waals surface area contributed by atoms with Crippen molar-refractivity contribution in [2.24, 2.45) is 5.92 Å². The third-order valence-electron chi connectivity index (χ3n) is 2.99. The standard InChI is InChI=1S/C14H25N3O/c1-6-8-10(3)9-18-14-11(4)13(15-5)16-12(7-2)17-14/h10H,6-9H2,1-5H3,(H,15,16,17). The summed E-state index contributed by atoms with van der Waals surface area (Å²) < 4.78 is 5.84. The van der Waals surface area contributed by atoms with Crippen LogP contribution in [0.1, 0.15) is 45.0 Å². The Morgan fingerprint density at radius 1 is 1.28 bits per heavy atom. The SMILES string of the molecule is CCCC(C)COc1nc(CC)nc(NC)c1C. The van der Waals surface area contributed by atoms with Gasteiger partial charge in [0, 0.05) is 13.5 Å². The highest BCUT2D eigenvalue weighted by Crippen LogP contribution is 2.22. The fraction of sp³-hybridized carbons (Fsp3) is 0.714. The number of aryl methyl sites for hydroxylation is 1. The van der Waals surface area contributed by atoms with E-state index in [0.29, 0.717) is 11.8 Å². The summed E-state index contributed by atoms with van der Waals surface area (Å²) in [4.78, 5) is 8.89. The molecule has 0 saturated heterocycles. The van der Waals surface area contributed by atoms with Gasteiger partial charge in [0.05, 0.1) is 12.2 Å². The Kier molecular flexibility index (Phi) is 5.89. The van der Waals surface area contributed by atoms with Gasteiger partial charge in [-0.05, 0) is 19.3 Å². The summed E-state index contributed by atoms with van der Waals surface area (Å²) in [5, 5.41) is 3.09. The van der Waals surface area contributed by atoms with Crippen LogP contribution in [0.2, 0.25) is 0 Å². The fourth-order valence-corrected chi connectivity index (χ4v) is 1.88. The van der Waals surface area contributed by atoms with E-state index < -0.39 is 0 Å². The predicted octanol–water partition coefficient (Wildman–Crippen LogP) is 3.20. The number of nitrogens with zero attached hydrogens (tertiary/aromatic N) is 2. The second-order valence-corrected chi connectivity index (χ2v) is 4.73. The van der Waals surface area contributed by atoms with Gasteiger partial charge in [0.15, 0.2) is 0 Å². The summed E-state index contributed by atoms with van der Waals surface area (Å²) in [5.74, 6) is 2.96. The van der Waals surface area contributed by atoms with Gasteiger partial charge < -0.3 is 10.1 Å². The number of aromatic nitrogens is 2. The quantitative estimate of drug-likeness (QED) is 0.808. The maximum absolute atomic E-state index is 5.84. The van der Waals surface area contributed by atoms with Crippen LogP contribution in [0.15, 0.2) is 0 Å². The highest BCUT2D eigenvalue weighted by molar-refractivity contribution is 5.48. The lowest BCUT2D eigenvalue weighted by atomic mass is 10.1. The van der Waals surface area contributed by atoms with Gasteiger partial charge in [-0.25, -0.2) is 4.98 Å². The molecule has 4 heteroatoms. The molecule has 1 heterocycles. The highest BCUT2D eigenvalue weighted by atomic mass is 16.5. The molecule has 1 unspecified atom stereocenters. The molecule has 0 spiro atoms. The largest absolute Gasteiger partial charge is 0.477 e. The summed E-state index contributed by atoms with van der Waals surface area (Å²) in [6.07, 6.45) is 3.19. The first-order valence-electron chi connectivity index (χ1n) is 6.80. The van der Waals surface area contributed by atoms with Crippen molar-refractivity contribution in [1.29, 1.82) is 0 Å². The molecule has 1 aromatic heterocycles. The van der Waals surface area contributed by atoms with E-state index in [1.165, 1.54) is 12.8 Å². The zero-order valence-corrected chi connectivity index (χ0v) is 12.2. The van der Waals surface area contributed by atoms with Gasteiger partial charge in [0.2, 0.25) is 5.88 Å². The van der Waals surface area contributed by atoms with Crippen molar-refractivity contribution in [3.05, 3.63) is 11.4 Å². The third-order valence-corrected chi connectivity index (χ3v) is 2.99. The number of ether oxygens (including phenoxy) is 1. The van der Waals surface area contributed by atoms with Crippen LogP contribution in [0.4, 0.5) is 5.82 Å². The second-order valence-electron chi connectivity index (χ2n) is 4.73. The first kappa shape index (κ1) is 14.7. The zero-order valence-electron chi connectivity index (χ0n) is 12.2. The molecule has 1 atom stereocenters. The number of hydrogen-bond donors (Lipinski definition) is 1. The molecule has 0 radical (unpaired) electrons. The van der Waals surface area contributed by atoms with E-state index in [2.05, 4.69) is 29.1 Å². The average molecular weight is 251 g/mol. The normalized spacial score (nSPS) is 12.3. The van der Waals surface area contributed by atoms with Crippen LogP contribution in [0, 0.1) is 12.8 Å². The topological polar surface area (TPSA) is 47.0 Å². The van der Waals surface area contributed by atoms with E-state index in [0.717, 1.165) is 30.2 Å². The average Bonchev–Trinajstić information content (AvgIpc) is 2.38. The van der Waals surface area contributed by atoms with E-state index >= 15 is 0 Å². The van der Waals surface area contributed by atoms with Gasteiger partial charge in [0.25, 0.3) is 0 Å². The molecule has 1 rings (SSSR count). The molecule has 0 fully saturated rings. The van der Waals surface area contributed by atoms with E-state index in [9.17, 15) is 0 Å². The van der Waals surface area contributed by atoms with Crippen molar-refractivity contribution >= 4 is 5.82 Å². The van der Waals surface area contributed by atoms with E-state index in [1.54, 1.807) is 0 Å². The number of anilines is 1. The summed E-state index contributed by atoms with van der Waals surface area (Å²) in [6.45, 7) is 9.16. The Hall–Kier alpha value is -1.32. The molecule has 18 heavy (non-hydrogen) atoms. The molecule has 0 aliphatic rings. The summed E-state index contributed by atoms with van der Waals surface area (Å²) in [7, 11) is 1.87. The summed E-state index contributed by atoms with van der Waals surface area (Å²) >= 11 is 0. The Balaban J connectivity index is 2.80. The lowest BCUT2D eigenvalue weighted by Gasteiger charge is -2.15. The molecule has 102 valence electrons. The van der Waals surface area contributed by atoms with Gasteiger partial charge >= 0.3 is 0 Å². The van der Waals surface area contributed by atoms with Crippen LogP contribution in [0.3, 0.4) is 0 Å². The monoisotopic (exact) mass is 251 g/mol. The van der Waals surface area contributed by atoms with Crippen molar-refractivity contribution in [3.63, 3.8) is 0 Å². The van der Waals surface area contributed by atoms with Crippen molar-refractivity contribution in [3.8, 4) is 5.88 Å². The Morgan fingerprint density at radius 3 is 2.56 bits per heavy atom. The van der Waals surface area contributed by atoms with Crippen LogP contribution in [0.25, 0.3) is 0 Å². The fourth-order valence-electron chi connectivity index (χ4n) is 1.88. The molecule has 1 aromatic rings. The molecule has 0 aliphatic carbocycles. The van der Waals surface area contributed by atoms with Crippen molar-refractivity contribution in [2.45, 2.75) is 47.0 Å². The first-order chi connectivity index (χ1) is 8.62. The minimum Gasteiger partial charge on any atom is -0.477 e. The van der Waals surface area contributed by atoms with Crippen LogP contribution in [-0.4, -0.2) is 23.6 Å². The molecule has 4 nitrogen and oxygen atoms in total. The Labute approximate surface area is 110 Å².